The van der Waals surface area contributed by atoms with Crippen molar-refractivity contribution in [3.05, 3.63) is 52.1 Å². The van der Waals surface area contributed by atoms with Crippen LogP contribution >= 0.6 is 23.2 Å². The molecule has 0 unspecified atom stereocenters. The van der Waals surface area contributed by atoms with Gasteiger partial charge in [0.15, 0.2) is 11.5 Å². The summed E-state index contributed by atoms with van der Waals surface area (Å²) in [5.41, 5.74) is 0.745. The van der Waals surface area contributed by atoms with Gasteiger partial charge in [-0.3, -0.25) is 0 Å². The number of pyridine rings is 1. The molecule has 1 saturated heterocycles. The van der Waals surface area contributed by atoms with Gasteiger partial charge < -0.3 is 19.1 Å². The van der Waals surface area contributed by atoms with E-state index in [2.05, 4.69) is 9.88 Å². The molecule has 146 valence electrons. The van der Waals surface area contributed by atoms with Gasteiger partial charge in [0.05, 0.1) is 10.0 Å². The van der Waals surface area contributed by atoms with Crippen LogP contribution in [-0.2, 0) is 9.53 Å². The number of halogens is 2. The number of fused-ring (bicyclic) bond motifs is 1. The second-order valence-corrected chi connectivity index (χ2v) is 7.37. The number of ether oxygens (including phenoxy) is 3. The molecule has 0 N–H and O–H groups in total. The van der Waals surface area contributed by atoms with E-state index in [1.807, 2.05) is 12.1 Å². The van der Waals surface area contributed by atoms with Gasteiger partial charge >= 0.3 is 5.97 Å². The Hall–Kier alpha value is -2.44. The summed E-state index contributed by atoms with van der Waals surface area (Å²) in [6.07, 6.45) is 6.08. The number of anilines is 1. The minimum absolute atomic E-state index is 0.110. The monoisotopic (exact) mass is 420 g/mol. The Morgan fingerprint density at radius 3 is 2.79 bits per heavy atom. The van der Waals surface area contributed by atoms with Crippen LogP contribution in [0.1, 0.15) is 18.4 Å². The molecule has 28 heavy (non-hydrogen) atoms. The Balaban J connectivity index is 1.29. The molecular formula is C20H18Cl2N2O4. The van der Waals surface area contributed by atoms with E-state index in [0.717, 1.165) is 37.3 Å². The molecule has 1 aromatic carbocycles. The fourth-order valence-corrected chi connectivity index (χ4v) is 3.59. The van der Waals surface area contributed by atoms with Gasteiger partial charge in [-0.1, -0.05) is 23.2 Å². The van der Waals surface area contributed by atoms with E-state index in [1.54, 1.807) is 24.4 Å². The number of carbonyl (C=O) groups excluding carboxylic acids is 1. The predicted molar refractivity (Wildman–Crippen MR) is 107 cm³/mol. The quantitative estimate of drug-likeness (QED) is 0.541. The van der Waals surface area contributed by atoms with Crippen LogP contribution in [0.4, 0.5) is 5.82 Å². The Morgan fingerprint density at radius 2 is 2.04 bits per heavy atom. The minimum atomic E-state index is -0.378. The van der Waals surface area contributed by atoms with Crippen LogP contribution in [0.2, 0.25) is 10.0 Å². The molecule has 0 radical (unpaired) electrons. The highest BCUT2D eigenvalue weighted by molar-refractivity contribution is 6.32. The van der Waals surface area contributed by atoms with E-state index < -0.39 is 0 Å². The minimum Gasteiger partial charge on any atom is -0.459 e. The third-order valence-corrected chi connectivity index (χ3v) is 5.13. The van der Waals surface area contributed by atoms with Crippen molar-refractivity contribution < 1.29 is 19.0 Å². The van der Waals surface area contributed by atoms with E-state index in [4.69, 9.17) is 37.4 Å². The number of aromatic nitrogens is 1. The smallest absolute Gasteiger partial charge is 0.331 e. The first-order chi connectivity index (χ1) is 13.6. The van der Waals surface area contributed by atoms with Crippen molar-refractivity contribution in [2.75, 3.05) is 24.8 Å². The van der Waals surface area contributed by atoms with Gasteiger partial charge in [0.2, 0.25) is 6.79 Å². The van der Waals surface area contributed by atoms with Gasteiger partial charge in [0.1, 0.15) is 11.9 Å². The van der Waals surface area contributed by atoms with E-state index >= 15 is 0 Å². The number of carbonyl (C=O) groups is 1. The summed E-state index contributed by atoms with van der Waals surface area (Å²) >= 11 is 12.0. The van der Waals surface area contributed by atoms with Crippen LogP contribution < -0.4 is 14.4 Å². The van der Waals surface area contributed by atoms with E-state index in [9.17, 15) is 4.79 Å². The van der Waals surface area contributed by atoms with E-state index in [1.165, 1.54) is 6.08 Å². The predicted octanol–water partition coefficient (Wildman–Crippen LogP) is 4.34. The third-order valence-electron chi connectivity index (χ3n) is 4.62. The number of benzene rings is 1. The zero-order valence-corrected chi connectivity index (χ0v) is 16.4. The van der Waals surface area contributed by atoms with Gasteiger partial charge in [-0.05, 0) is 35.9 Å². The van der Waals surface area contributed by atoms with Crippen molar-refractivity contribution in [2.24, 2.45) is 0 Å². The second-order valence-electron chi connectivity index (χ2n) is 6.53. The highest BCUT2D eigenvalue weighted by Crippen LogP contribution is 2.40. The second kappa shape index (κ2) is 8.29. The molecule has 0 bridgehead atoms. The molecule has 0 saturated carbocycles. The van der Waals surface area contributed by atoms with E-state index in [0.29, 0.717) is 21.5 Å². The third kappa shape index (κ3) is 4.34. The molecule has 4 rings (SSSR count). The van der Waals surface area contributed by atoms with Crippen molar-refractivity contribution in [3.63, 3.8) is 0 Å². The van der Waals surface area contributed by atoms with Gasteiger partial charge in [-0.25, -0.2) is 9.78 Å². The van der Waals surface area contributed by atoms with Crippen LogP contribution in [0.15, 0.2) is 36.5 Å². The number of piperidine rings is 1. The molecule has 0 aliphatic carbocycles. The maximum Gasteiger partial charge on any atom is 0.331 e. The highest BCUT2D eigenvalue weighted by Gasteiger charge is 2.22. The lowest BCUT2D eigenvalue weighted by molar-refractivity contribution is -0.143. The maximum atomic E-state index is 12.2. The molecular weight excluding hydrogens is 403 g/mol. The summed E-state index contributed by atoms with van der Waals surface area (Å²) in [4.78, 5) is 18.6. The molecule has 2 aromatic rings. The highest BCUT2D eigenvalue weighted by atomic mass is 35.5. The lowest BCUT2D eigenvalue weighted by atomic mass is 10.1. The Morgan fingerprint density at radius 1 is 1.21 bits per heavy atom. The molecule has 0 atom stereocenters. The normalized spacial score (nSPS) is 16.6. The molecule has 2 aliphatic heterocycles. The van der Waals surface area contributed by atoms with Gasteiger partial charge in [-0.15, -0.1) is 0 Å². The van der Waals surface area contributed by atoms with Crippen LogP contribution in [0.5, 0.6) is 11.5 Å². The number of nitrogens with zero attached hydrogens (tertiary/aromatic N) is 2. The van der Waals surface area contributed by atoms with Crippen molar-refractivity contribution >= 4 is 41.1 Å². The van der Waals surface area contributed by atoms with Crippen LogP contribution in [0.3, 0.4) is 0 Å². The lowest BCUT2D eigenvalue weighted by Gasteiger charge is -2.32. The molecule has 6 nitrogen and oxygen atoms in total. The molecule has 2 aliphatic rings. The Kier molecular flexibility index (Phi) is 5.59. The van der Waals surface area contributed by atoms with Gasteiger partial charge in [0.25, 0.3) is 0 Å². The topological polar surface area (TPSA) is 60.9 Å². The first-order valence-corrected chi connectivity index (χ1v) is 9.68. The molecule has 8 heteroatoms. The zero-order valence-electron chi connectivity index (χ0n) is 14.9. The average molecular weight is 421 g/mol. The van der Waals surface area contributed by atoms with Crippen LogP contribution in [0, 0.1) is 0 Å². The van der Waals surface area contributed by atoms with Crippen molar-refractivity contribution in [3.8, 4) is 11.5 Å². The van der Waals surface area contributed by atoms with Crippen LogP contribution in [0.25, 0.3) is 6.08 Å². The van der Waals surface area contributed by atoms with Crippen molar-refractivity contribution in [1.82, 2.24) is 4.98 Å². The Bertz CT molecular complexity index is 894. The number of rotatable bonds is 4. The fourth-order valence-electron chi connectivity index (χ4n) is 3.21. The summed E-state index contributed by atoms with van der Waals surface area (Å²) in [5, 5.41) is 1.06. The fraction of sp³-hybridized carbons (Fsp3) is 0.300. The maximum absolute atomic E-state index is 12.2. The van der Waals surface area contributed by atoms with Crippen LogP contribution in [-0.4, -0.2) is 36.9 Å². The van der Waals surface area contributed by atoms with E-state index in [-0.39, 0.29) is 18.9 Å². The summed E-state index contributed by atoms with van der Waals surface area (Å²) < 4.78 is 16.2. The Labute approximate surface area is 172 Å². The summed E-state index contributed by atoms with van der Waals surface area (Å²) in [5.74, 6) is 1.61. The molecule has 1 aromatic heterocycles. The summed E-state index contributed by atoms with van der Waals surface area (Å²) in [6, 6.07) is 7.21. The van der Waals surface area contributed by atoms with Gasteiger partial charge in [-0.2, -0.15) is 0 Å². The zero-order chi connectivity index (χ0) is 19.5. The standard InChI is InChI=1S/C20H18Cl2N2O4/c21-14-2-3-18(23-11-14)24-7-5-15(6-8-24)28-19(25)4-1-13-9-16(22)20-17(10-13)26-12-27-20/h1-4,9-11,15H,5-8,12H2/b4-1+. The average Bonchev–Trinajstić information content (AvgIpc) is 3.17. The van der Waals surface area contributed by atoms with Crippen molar-refractivity contribution in [1.29, 1.82) is 0 Å². The molecule has 0 amide bonds. The first kappa shape index (κ1) is 18.9. The first-order valence-electron chi connectivity index (χ1n) is 8.93. The molecule has 0 spiro atoms. The largest absolute Gasteiger partial charge is 0.459 e. The lowest BCUT2D eigenvalue weighted by Crippen LogP contribution is -2.38. The summed E-state index contributed by atoms with van der Waals surface area (Å²) in [7, 11) is 0. The number of hydrogen-bond donors (Lipinski definition) is 0. The number of hydrogen-bond acceptors (Lipinski definition) is 6. The van der Waals surface area contributed by atoms with Crippen molar-refractivity contribution in [2.45, 2.75) is 18.9 Å². The summed E-state index contributed by atoms with van der Waals surface area (Å²) in [6.45, 7) is 1.69. The SMILES string of the molecule is O=C(/C=C/c1cc(Cl)c2c(c1)OCO2)OC1CCN(c2ccc(Cl)cn2)CC1. The van der Waals surface area contributed by atoms with Gasteiger partial charge in [0, 0.05) is 38.2 Å². The number of esters is 1. The molecule has 1 fully saturated rings. The molecule has 3 heterocycles.